The second kappa shape index (κ2) is 12.6. The fourth-order valence-electron chi connectivity index (χ4n) is 3.46. The van der Waals surface area contributed by atoms with E-state index in [0.717, 1.165) is 24.1 Å². The summed E-state index contributed by atoms with van der Waals surface area (Å²) in [6, 6.07) is 22.3. The second-order valence-electron chi connectivity index (χ2n) is 7.92. The third kappa shape index (κ3) is 7.61. The van der Waals surface area contributed by atoms with Crippen LogP contribution in [0.1, 0.15) is 49.4 Å². The number of unbranched alkanes of at least 4 members (excludes halogenated alkanes) is 4. The van der Waals surface area contributed by atoms with Crippen molar-refractivity contribution in [1.82, 2.24) is 5.32 Å². The number of benzene rings is 3. The molecule has 0 aliphatic carbocycles. The molecule has 0 saturated carbocycles. The van der Waals surface area contributed by atoms with Gasteiger partial charge in [-0.15, -0.1) is 0 Å². The number of hydrogen-bond acceptors (Lipinski definition) is 3. The molecule has 0 fully saturated rings. The van der Waals surface area contributed by atoms with Crippen molar-refractivity contribution in [3.05, 3.63) is 78.4 Å². The number of aromatic hydroxyl groups is 1. The third-order valence-corrected chi connectivity index (χ3v) is 5.57. The van der Waals surface area contributed by atoms with Gasteiger partial charge in [0.1, 0.15) is 5.75 Å². The molecule has 3 aromatic carbocycles. The molecule has 172 valence electrons. The molecule has 5 nitrogen and oxygen atoms in total. The van der Waals surface area contributed by atoms with Crippen LogP contribution in [0.4, 0.5) is 11.4 Å². The van der Waals surface area contributed by atoms with E-state index in [2.05, 4.69) is 22.9 Å². The van der Waals surface area contributed by atoms with Gasteiger partial charge in [-0.3, -0.25) is 4.79 Å². The molecule has 0 spiro atoms. The van der Waals surface area contributed by atoms with Crippen molar-refractivity contribution in [2.24, 2.45) is 0 Å². The summed E-state index contributed by atoms with van der Waals surface area (Å²) in [6.45, 7) is 2.98. The molecule has 0 bridgehead atoms. The predicted molar refractivity (Wildman–Crippen MR) is 141 cm³/mol. The van der Waals surface area contributed by atoms with E-state index < -0.39 is 0 Å². The van der Waals surface area contributed by atoms with Crippen LogP contribution in [0.2, 0.25) is 0 Å². The highest BCUT2D eigenvalue weighted by Gasteiger charge is 2.10. The maximum absolute atomic E-state index is 12.7. The molecule has 33 heavy (non-hydrogen) atoms. The highest BCUT2D eigenvalue weighted by Crippen LogP contribution is 2.27. The maximum Gasteiger partial charge on any atom is 0.255 e. The molecule has 0 aliphatic rings. The summed E-state index contributed by atoms with van der Waals surface area (Å²) in [5, 5.41) is 19.7. The number of phenols is 1. The molecule has 6 heteroatoms. The lowest BCUT2D eigenvalue weighted by Crippen LogP contribution is -2.29. The van der Waals surface area contributed by atoms with Crippen LogP contribution in [-0.4, -0.2) is 22.7 Å². The normalized spacial score (nSPS) is 10.5. The van der Waals surface area contributed by atoms with Gasteiger partial charge in [0.15, 0.2) is 5.11 Å². The first-order valence-electron chi connectivity index (χ1n) is 11.4. The molecule has 0 aliphatic heterocycles. The van der Waals surface area contributed by atoms with Gasteiger partial charge in [0.05, 0.1) is 5.69 Å². The lowest BCUT2D eigenvalue weighted by Gasteiger charge is -2.13. The fourth-order valence-corrected chi connectivity index (χ4v) is 3.67. The van der Waals surface area contributed by atoms with E-state index in [4.69, 9.17) is 12.2 Å². The van der Waals surface area contributed by atoms with E-state index in [-0.39, 0.29) is 11.7 Å². The average molecular weight is 462 g/mol. The Kier molecular flexibility index (Phi) is 9.27. The van der Waals surface area contributed by atoms with E-state index in [1.165, 1.54) is 31.7 Å². The van der Waals surface area contributed by atoms with E-state index in [9.17, 15) is 9.90 Å². The van der Waals surface area contributed by atoms with Gasteiger partial charge >= 0.3 is 0 Å². The first-order chi connectivity index (χ1) is 16.1. The molecule has 4 N–H and O–H groups in total. The number of nitrogens with one attached hydrogen (secondary N) is 3. The number of thiocarbonyl (C=S) groups is 1. The molecule has 0 radical (unpaired) electrons. The highest BCUT2D eigenvalue weighted by atomic mass is 32.1. The Labute approximate surface area is 201 Å². The second-order valence-corrected chi connectivity index (χ2v) is 8.33. The van der Waals surface area contributed by atoms with Gasteiger partial charge in [-0.2, -0.15) is 0 Å². The zero-order valence-corrected chi connectivity index (χ0v) is 19.8. The van der Waals surface area contributed by atoms with Crippen molar-refractivity contribution in [2.75, 3.05) is 17.2 Å². The lowest BCUT2D eigenvalue weighted by molar-refractivity contribution is 0.102. The Balaban J connectivity index is 1.55. The molecule has 3 aromatic rings. The zero-order chi connectivity index (χ0) is 23.5. The standard InChI is InChI=1S/C27H31N3O2S/c1-2-3-4-5-9-18-28-27(33)30-24-19-23(16-17-25(24)31)29-26(32)22-14-12-21(13-15-22)20-10-7-6-8-11-20/h6-8,10-17,19,31H,2-5,9,18H2,1H3,(H,29,32)(H2,28,30,33). The van der Waals surface area contributed by atoms with Crippen LogP contribution in [0.25, 0.3) is 11.1 Å². The van der Waals surface area contributed by atoms with Crippen molar-refractivity contribution >= 4 is 34.6 Å². The van der Waals surface area contributed by atoms with Gasteiger partial charge in [0, 0.05) is 17.8 Å². The van der Waals surface area contributed by atoms with Crippen molar-refractivity contribution in [3.63, 3.8) is 0 Å². The van der Waals surface area contributed by atoms with Crippen LogP contribution in [0.5, 0.6) is 5.75 Å². The van der Waals surface area contributed by atoms with Gasteiger partial charge in [-0.05, 0) is 60.1 Å². The topological polar surface area (TPSA) is 73.4 Å². The minimum absolute atomic E-state index is 0.0623. The van der Waals surface area contributed by atoms with E-state index in [0.29, 0.717) is 22.1 Å². The van der Waals surface area contributed by atoms with Crippen LogP contribution in [-0.2, 0) is 0 Å². The summed E-state index contributed by atoms with van der Waals surface area (Å²) in [5.41, 5.74) is 3.71. The Morgan fingerprint density at radius 2 is 1.55 bits per heavy atom. The summed E-state index contributed by atoms with van der Waals surface area (Å²) in [4.78, 5) is 12.7. The number of anilines is 2. The van der Waals surface area contributed by atoms with Crippen LogP contribution < -0.4 is 16.0 Å². The molecule has 0 atom stereocenters. The highest BCUT2D eigenvalue weighted by molar-refractivity contribution is 7.80. The molecule has 1 amide bonds. The van der Waals surface area contributed by atoms with Crippen molar-refractivity contribution in [1.29, 1.82) is 0 Å². The molecule has 0 heterocycles. The number of amides is 1. The number of carbonyl (C=O) groups excluding carboxylic acids is 1. The molecule has 0 aromatic heterocycles. The van der Waals surface area contributed by atoms with Crippen molar-refractivity contribution < 1.29 is 9.90 Å². The van der Waals surface area contributed by atoms with E-state index in [1.807, 2.05) is 42.5 Å². The van der Waals surface area contributed by atoms with Gasteiger partial charge < -0.3 is 21.1 Å². The Morgan fingerprint density at radius 3 is 2.27 bits per heavy atom. The Hall–Kier alpha value is -3.38. The van der Waals surface area contributed by atoms with Crippen LogP contribution in [0.3, 0.4) is 0 Å². The molecule has 0 saturated heterocycles. The van der Waals surface area contributed by atoms with Crippen molar-refractivity contribution in [3.8, 4) is 16.9 Å². The van der Waals surface area contributed by atoms with Gasteiger partial charge in [-0.25, -0.2) is 0 Å². The van der Waals surface area contributed by atoms with E-state index >= 15 is 0 Å². The quantitative estimate of drug-likeness (QED) is 0.119. The summed E-state index contributed by atoms with van der Waals surface area (Å²) in [7, 11) is 0. The first kappa shape index (κ1) is 24.3. The SMILES string of the molecule is CCCCCCCNC(=S)Nc1cc(NC(=O)c2ccc(-c3ccccc3)cc2)ccc1O. The van der Waals surface area contributed by atoms with Crippen LogP contribution in [0, 0.1) is 0 Å². The summed E-state index contributed by atoms with van der Waals surface area (Å²) in [5.74, 6) is -0.161. The number of carbonyl (C=O) groups is 1. The fraction of sp³-hybridized carbons (Fsp3) is 0.259. The molecule has 3 rings (SSSR count). The average Bonchev–Trinajstić information content (AvgIpc) is 2.84. The molecular formula is C27H31N3O2S. The van der Waals surface area contributed by atoms with Crippen LogP contribution in [0.15, 0.2) is 72.8 Å². The monoisotopic (exact) mass is 461 g/mol. The molecule has 0 unspecified atom stereocenters. The van der Waals surface area contributed by atoms with Crippen molar-refractivity contribution in [2.45, 2.75) is 39.0 Å². The van der Waals surface area contributed by atoms with Gasteiger partial charge in [-0.1, -0.05) is 75.1 Å². The lowest BCUT2D eigenvalue weighted by atomic mass is 10.0. The largest absolute Gasteiger partial charge is 0.506 e. The predicted octanol–water partition coefficient (Wildman–Crippen LogP) is 6.57. The number of phenolic OH excluding ortho intramolecular Hbond substituents is 1. The first-order valence-corrected chi connectivity index (χ1v) is 11.8. The summed E-state index contributed by atoms with van der Waals surface area (Å²) >= 11 is 5.34. The number of hydrogen-bond donors (Lipinski definition) is 4. The third-order valence-electron chi connectivity index (χ3n) is 5.32. The van der Waals surface area contributed by atoms with E-state index in [1.54, 1.807) is 24.3 Å². The van der Waals surface area contributed by atoms with Gasteiger partial charge in [0.25, 0.3) is 5.91 Å². The minimum Gasteiger partial charge on any atom is -0.506 e. The Morgan fingerprint density at radius 1 is 0.848 bits per heavy atom. The zero-order valence-electron chi connectivity index (χ0n) is 18.9. The number of rotatable bonds is 10. The smallest absolute Gasteiger partial charge is 0.255 e. The van der Waals surface area contributed by atoms with Crippen LogP contribution >= 0.6 is 12.2 Å². The molecular weight excluding hydrogens is 430 g/mol. The summed E-state index contributed by atoms with van der Waals surface area (Å²) in [6.07, 6.45) is 5.93. The minimum atomic E-state index is -0.223. The maximum atomic E-state index is 12.7. The summed E-state index contributed by atoms with van der Waals surface area (Å²) < 4.78 is 0. The Bertz CT molecular complexity index is 1050. The van der Waals surface area contributed by atoms with Gasteiger partial charge in [0.2, 0.25) is 0 Å².